The van der Waals surface area contributed by atoms with Crippen LogP contribution in [-0.2, 0) is 24.4 Å². The molecule has 0 spiro atoms. The van der Waals surface area contributed by atoms with Crippen LogP contribution in [0.1, 0.15) is 52.4 Å². The largest absolute Gasteiger partial charge is 0.497 e. The quantitative estimate of drug-likeness (QED) is 0.463. The fourth-order valence-electron chi connectivity index (χ4n) is 4.41. The number of rotatable bonds is 9. The van der Waals surface area contributed by atoms with E-state index in [9.17, 15) is 18.8 Å². The van der Waals surface area contributed by atoms with Crippen molar-refractivity contribution in [1.82, 2.24) is 25.1 Å². The van der Waals surface area contributed by atoms with Crippen LogP contribution in [0.2, 0.25) is 0 Å². The van der Waals surface area contributed by atoms with Crippen molar-refractivity contribution < 1.29 is 23.5 Å². The maximum absolute atomic E-state index is 13.6. The molecule has 2 heterocycles. The molecule has 194 valence electrons. The Balaban J connectivity index is 1.51. The highest BCUT2D eigenvalue weighted by Gasteiger charge is 2.48. The van der Waals surface area contributed by atoms with E-state index >= 15 is 0 Å². The number of halogens is 1. The van der Waals surface area contributed by atoms with Gasteiger partial charge in [-0.05, 0) is 48.7 Å². The lowest BCUT2D eigenvalue weighted by Crippen LogP contribution is -2.64. The second-order valence-corrected chi connectivity index (χ2v) is 9.14. The zero-order chi connectivity index (χ0) is 26.6. The highest BCUT2D eigenvalue weighted by molar-refractivity contribution is 6.07. The van der Waals surface area contributed by atoms with E-state index in [0.717, 1.165) is 11.3 Å². The summed E-state index contributed by atoms with van der Waals surface area (Å²) in [5, 5.41) is 5.68. The van der Waals surface area contributed by atoms with Gasteiger partial charge in [-0.25, -0.2) is 9.37 Å². The number of amides is 3. The van der Waals surface area contributed by atoms with Gasteiger partial charge in [0.25, 0.3) is 11.8 Å². The molecule has 10 heteroatoms. The van der Waals surface area contributed by atoms with Gasteiger partial charge in [-0.1, -0.05) is 31.2 Å². The molecule has 3 amide bonds. The van der Waals surface area contributed by atoms with E-state index in [-0.39, 0.29) is 36.2 Å². The number of benzene rings is 2. The van der Waals surface area contributed by atoms with Gasteiger partial charge in [0.2, 0.25) is 5.91 Å². The van der Waals surface area contributed by atoms with Crippen LogP contribution in [0.5, 0.6) is 5.75 Å². The van der Waals surface area contributed by atoms with Crippen molar-refractivity contribution in [2.24, 2.45) is 0 Å². The van der Waals surface area contributed by atoms with Gasteiger partial charge in [0.1, 0.15) is 22.8 Å². The van der Waals surface area contributed by atoms with Crippen LogP contribution in [-0.4, -0.2) is 51.4 Å². The normalized spacial score (nSPS) is 16.8. The van der Waals surface area contributed by atoms with Crippen LogP contribution < -0.4 is 15.4 Å². The average Bonchev–Trinajstić information content (AvgIpc) is 3.33. The molecule has 3 aromatic rings. The van der Waals surface area contributed by atoms with Crippen molar-refractivity contribution in [1.29, 1.82) is 0 Å². The van der Waals surface area contributed by atoms with E-state index in [1.54, 1.807) is 30.7 Å². The molecule has 0 unspecified atom stereocenters. The average molecular weight is 508 g/mol. The molecule has 9 nitrogen and oxygen atoms in total. The molecule has 2 aromatic carbocycles. The first-order valence-electron chi connectivity index (χ1n) is 12.1. The van der Waals surface area contributed by atoms with Crippen LogP contribution in [0.3, 0.4) is 0 Å². The SMILES string of the molecule is CCCN1C(=O)c2c(C(=O)NCc3ccc(F)cc3)ncn2C[C@@]1(C)C(=O)NCc1ccc(OC)cc1. The molecular weight excluding hydrogens is 477 g/mol. The number of hydrogen-bond acceptors (Lipinski definition) is 5. The van der Waals surface area contributed by atoms with Crippen LogP contribution >= 0.6 is 0 Å². The van der Waals surface area contributed by atoms with E-state index in [1.807, 2.05) is 31.2 Å². The van der Waals surface area contributed by atoms with Crippen molar-refractivity contribution in [3.05, 3.63) is 83.2 Å². The van der Waals surface area contributed by atoms with Gasteiger partial charge in [-0.2, -0.15) is 0 Å². The maximum Gasteiger partial charge on any atom is 0.273 e. The van der Waals surface area contributed by atoms with Crippen LogP contribution in [0.4, 0.5) is 4.39 Å². The number of carbonyl (C=O) groups excluding carboxylic acids is 3. The lowest BCUT2D eigenvalue weighted by molar-refractivity contribution is -0.133. The monoisotopic (exact) mass is 507 g/mol. The Morgan fingerprint density at radius 3 is 2.30 bits per heavy atom. The Hall–Kier alpha value is -4.21. The van der Waals surface area contributed by atoms with E-state index < -0.39 is 17.4 Å². The Bertz CT molecular complexity index is 1290. The number of aromatic nitrogens is 2. The molecule has 1 aliphatic heterocycles. The van der Waals surface area contributed by atoms with Crippen LogP contribution in [0, 0.1) is 5.82 Å². The van der Waals surface area contributed by atoms with Gasteiger partial charge < -0.3 is 24.8 Å². The first-order valence-corrected chi connectivity index (χ1v) is 12.1. The predicted octanol–water partition coefficient (Wildman–Crippen LogP) is 2.90. The molecule has 0 bridgehead atoms. The van der Waals surface area contributed by atoms with Gasteiger partial charge in [-0.3, -0.25) is 14.4 Å². The molecule has 0 fully saturated rings. The highest BCUT2D eigenvalue weighted by atomic mass is 19.1. The molecule has 2 N–H and O–H groups in total. The van der Waals surface area contributed by atoms with Gasteiger partial charge >= 0.3 is 0 Å². The molecule has 4 rings (SSSR count). The third-order valence-electron chi connectivity index (χ3n) is 6.49. The first-order chi connectivity index (χ1) is 17.8. The molecule has 0 saturated heterocycles. The number of hydrogen-bond donors (Lipinski definition) is 2. The van der Waals surface area contributed by atoms with E-state index in [2.05, 4.69) is 15.6 Å². The molecule has 1 aromatic heterocycles. The van der Waals surface area contributed by atoms with Crippen molar-refractivity contribution in [2.45, 2.75) is 45.4 Å². The standard InChI is InChI=1S/C27H30FN5O4/c1-4-13-33-25(35)23-22(24(34)29-14-18-5-9-20(28)10-6-18)31-17-32(23)16-27(33,2)26(36)30-15-19-7-11-21(37-3)12-8-19/h5-12,17H,4,13-16H2,1-3H3,(H,29,34)(H,30,36)/t27-/m0/s1. The number of nitrogens with one attached hydrogen (secondary N) is 2. The van der Waals surface area contributed by atoms with Gasteiger partial charge in [0, 0.05) is 19.6 Å². The first kappa shape index (κ1) is 25.9. The zero-order valence-corrected chi connectivity index (χ0v) is 21.1. The summed E-state index contributed by atoms with van der Waals surface area (Å²) in [5.74, 6) is -0.892. The van der Waals surface area contributed by atoms with Crippen molar-refractivity contribution in [3.8, 4) is 5.75 Å². The molecule has 0 radical (unpaired) electrons. The lowest BCUT2D eigenvalue weighted by atomic mass is 9.93. The Morgan fingerprint density at radius 2 is 1.68 bits per heavy atom. The molecule has 0 saturated carbocycles. The number of nitrogens with zero attached hydrogens (tertiary/aromatic N) is 3. The zero-order valence-electron chi connectivity index (χ0n) is 21.1. The van der Waals surface area contributed by atoms with Gasteiger partial charge in [0.15, 0.2) is 5.69 Å². The minimum Gasteiger partial charge on any atom is -0.497 e. The van der Waals surface area contributed by atoms with Gasteiger partial charge in [-0.15, -0.1) is 0 Å². The van der Waals surface area contributed by atoms with E-state index in [4.69, 9.17) is 4.74 Å². The number of imidazole rings is 1. The van der Waals surface area contributed by atoms with Crippen LogP contribution in [0.15, 0.2) is 54.9 Å². The molecule has 0 aliphatic carbocycles. The summed E-state index contributed by atoms with van der Waals surface area (Å²) in [6.45, 7) is 4.59. The predicted molar refractivity (Wildman–Crippen MR) is 134 cm³/mol. The van der Waals surface area contributed by atoms with Crippen molar-refractivity contribution >= 4 is 17.7 Å². The topological polar surface area (TPSA) is 106 Å². The number of methoxy groups -OCH3 is 1. The lowest BCUT2D eigenvalue weighted by Gasteiger charge is -2.43. The highest BCUT2D eigenvalue weighted by Crippen LogP contribution is 2.29. The summed E-state index contributed by atoms with van der Waals surface area (Å²) in [6, 6.07) is 13.1. The van der Waals surface area contributed by atoms with Crippen LogP contribution in [0.25, 0.3) is 0 Å². The number of carbonyl (C=O) groups is 3. The second-order valence-electron chi connectivity index (χ2n) is 9.14. The van der Waals surface area contributed by atoms with Crippen molar-refractivity contribution in [3.63, 3.8) is 0 Å². The third kappa shape index (κ3) is 5.32. The van der Waals surface area contributed by atoms with Gasteiger partial charge in [0.05, 0.1) is 20.0 Å². The second kappa shape index (κ2) is 10.8. The van der Waals surface area contributed by atoms with E-state index in [0.29, 0.717) is 25.1 Å². The maximum atomic E-state index is 13.6. The molecule has 37 heavy (non-hydrogen) atoms. The summed E-state index contributed by atoms with van der Waals surface area (Å²) in [6.07, 6.45) is 2.05. The third-order valence-corrected chi connectivity index (χ3v) is 6.49. The summed E-state index contributed by atoms with van der Waals surface area (Å²) >= 11 is 0. The fraction of sp³-hybridized carbons (Fsp3) is 0.333. The smallest absolute Gasteiger partial charge is 0.273 e. The summed E-state index contributed by atoms with van der Waals surface area (Å²) in [7, 11) is 1.59. The molecular formula is C27H30FN5O4. The minimum absolute atomic E-state index is 0.00564. The Morgan fingerprint density at radius 1 is 1.05 bits per heavy atom. The van der Waals surface area contributed by atoms with Crippen molar-refractivity contribution in [2.75, 3.05) is 13.7 Å². The molecule has 1 aliphatic rings. The number of ether oxygens (including phenoxy) is 1. The summed E-state index contributed by atoms with van der Waals surface area (Å²) < 4.78 is 19.9. The fourth-order valence-corrected chi connectivity index (χ4v) is 4.41. The number of fused-ring (bicyclic) bond motifs is 1. The Kier molecular flexibility index (Phi) is 7.56. The minimum atomic E-state index is -1.17. The molecule has 1 atom stereocenters. The Labute approximate surface area is 214 Å². The summed E-state index contributed by atoms with van der Waals surface area (Å²) in [4.78, 5) is 45.7. The summed E-state index contributed by atoms with van der Waals surface area (Å²) in [5.41, 5.74) is 0.572. The van der Waals surface area contributed by atoms with E-state index in [1.165, 1.54) is 23.4 Å².